The molecule has 3 rings (SSSR count). The topological polar surface area (TPSA) is 38.8 Å². The van der Waals surface area contributed by atoms with E-state index in [1.807, 2.05) is 74.5 Å². The predicted molar refractivity (Wildman–Crippen MR) is 103 cm³/mol. The van der Waals surface area contributed by atoms with Crippen molar-refractivity contribution in [2.24, 2.45) is 11.8 Å². The number of amides is 1. The summed E-state index contributed by atoms with van der Waals surface area (Å²) in [7, 11) is 0. The summed E-state index contributed by atoms with van der Waals surface area (Å²) in [5.74, 6) is -0.951. The molecule has 4 heteroatoms. The van der Waals surface area contributed by atoms with Crippen LogP contribution in [0.4, 0.5) is 11.4 Å². The second-order valence-corrected chi connectivity index (χ2v) is 6.62. The lowest BCUT2D eigenvalue weighted by Crippen LogP contribution is -2.63. The fraction of sp³-hybridized carbons (Fsp3) is 0.409. The third-order valence-electron chi connectivity index (χ3n) is 5.05. The van der Waals surface area contributed by atoms with Gasteiger partial charge in [-0.05, 0) is 44.5 Å². The van der Waals surface area contributed by atoms with Gasteiger partial charge in [0, 0.05) is 30.5 Å². The van der Waals surface area contributed by atoms with Crippen molar-refractivity contribution in [3.8, 4) is 0 Å². The molecule has 0 aromatic heterocycles. The number of hydrogen-bond donors (Lipinski definition) is 0. The third-order valence-corrected chi connectivity index (χ3v) is 5.05. The van der Waals surface area contributed by atoms with E-state index in [0.717, 1.165) is 17.8 Å². The Morgan fingerprint density at radius 3 is 1.81 bits per heavy atom. The number of anilines is 2. The highest BCUT2D eigenvalue weighted by molar-refractivity contribution is 6.02. The van der Waals surface area contributed by atoms with Gasteiger partial charge in [0.15, 0.2) is 5.79 Å². The first-order chi connectivity index (χ1) is 12.6. The van der Waals surface area contributed by atoms with Crippen molar-refractivity contribution in [1.82, 2.24) is 0 Å². The molecule has 0 unspecified atom stereocenters. The molecule has 1 amide bonds. The van der Waals surface area contributed by atoms with Crippen LogP contribution in [0.1, 0.15) is 27.2 Å². The number of ether oxygens (including phenoxy) is 2. The molecule has 26 heavy (non-hydrogen) atoms. The number of benzene rings is 2. The largest absolute Gasteiger partial charge is 0.349 e. The van der Waals surface area contributed by atoms with E-state index in [1.54, 1.807) is 4.90 Å². The lowest BCUT2D eigenvalue weighted by atomic mass is 9.68. The number of rotatable bonds is 7. The quantitative estimate of drug-likeness (QED) is 0.673. The Balaban J connectivity index is 1.98. The molecular formula is C22H27NO3. The van der Waals surface area contributed by atoms with Crippen LogP contribution >= 0.6 is 0 Å². The normalized spacial score (nSPS) is 21.0. The molecule has 2 aromatic rings. The van der Waals surface area contributed by atoms with Crippen molar-refractivity contribution < 1.29 is 14.3 Å². The van der Waals surface area contributed by atoms with Gasteiger partial charge in [-0.2, -0.15) is 0 Å². The average Bonchev–Trinajstić information content (AvgIpc) is 2.67. The van der Waals surface area contributed by atoms with Gasteiger partial charge in [-0.25, -0.2) is 0 Å². The van der Waals surface area contributed by atoms with Crippen molar-refractivity contribution in [2.75, 3.05) is 18.1 Å². The smallest absolute Gasteiger partial charge is 0.240 e. The fourth-order valence-corrected chi connectivity index (χ4v) is 3.83. The summed E-state index contributed by atoms with van der Waals surface area (Å²) >= 11 is 0. The molecule has 0 N–H and O–H groups in total. The van der Waals surface area contributed by atoms with Crippen LogP contribution in [0.3, 0.4) is 0 Å². The summed E-state index contributed by atoms with van der Waals surface area (Å²) in [5.41, 5.74) is 1.70. The molecule has 1 fully saturated rings. The zero-order chi connectivity index (χ0) is 18.6. The van der Waals surface area contributed by atoms with E-state index in [9.17, 15) is 4.79 Å². The zero-order valence-electron chi connectivity index (χ0n) is 15.7. The number of nitrogens with zero attached hydrogens (tertiary/aromatic N) is 1. The zero-order valence-corrected chi connectivity index (χ0v) is 15.7. The van der Waals surface area contributed by atoms with Gasteiger partial charge in [-0.15, -0.1) is 0 Å². The molecule has 0 aliphatic heterocycles. The van der Waals surface area contributed by atoms with Gasteiger partial charge >= 0.3 is 0 Å². The maximum atomic E-state index is 13.6. The van der Waals surface area contributed by atoms with Crippen LogP contribution in [0.2, 0.25) is 0 Å². The minimum Gasteiger partial charge on any atom is -0.349 e. The van der Waals surface area contributed by atoms with E-state index in [4.69, 9.17) is 9.47 Å². The molecule has 4 nitrogen and oxygen atoms in total. The van der Waals surface area contributed by atoms with Crippen molar-refractivity contribution in [2.45, 2.75) is 33.0 Å². The second-order valence-electron chi connectivity index (χ2n) is 6.62. The molecule has 2 aromatic carbocycles. The molecule has 0 saturated heterocycles. The Kier molecular flexibility index (Phi) is 5.74. The van der Waals surface area contributed by atoms with Gasteiger partial charge in [-0.3, -0.25) is 9.69 Å². The Morgan fingerprint density at radius 2 is 1.42 bits per heavy atom. The van der Waals surface area contributed by atoms with Crippen molar-refractivity contribution in [1.29, 1.82) is 0 Å². The van der Waals surface area contributed by atoms with Crippen molar-refractivity contribution in [3.63, 3.8) is 0 Å². The molecule has 0 bridgehead atoms. The Labute approximate surface area is 155 Å². The number of carbonyl (C=O) groups excluding carboxylic acids is 1. The summed E-state index contributed by atoms with van der Waals surface area (Å²) in [6.45, 7) is 7.01. The van der Waals surface area contributed by atoms with E-state index < -0.39 is 5.79 Å². The van der Waals surface area contributed by atoms with Crippen LogP contribution in [-0.2, 0) is 14.3 Å². The first-order valence-corrected chi connectivity index (χ1v) is 9.36. The first kappa shape index (κ1) is 18.6. The molecule has 138 valence electrons. The van der Waals surface area contributed by atoms with Gasteiger partial charge in [0.25, 0.3) is 0 Å². The van der Waals surface area contributed by atoms with E-state index in [2.05, 4.69) is 6.92 Å². The Morgan fingerprint density at radius 1 is 0.962 bits per heavy atom. The Bertz CT molecular complexity index is 671. The second kappa shape index (κ2) is 8.02. The summed E-state index contributed by atoms with van der Waals surface area (Å²) in [4.78, 5) is 15.4. The van der Waals surface area contributed by atoms with Crippen LogP contribution < -0.4 is 4.90 Å². The Hall–Kier alpha value is -2.17. The molecule has 1 aliphatic rings. The molecule has 0 spiro atoms. The highest BCUT2D eigenvalue weighted by atomic mass is 16.7. The predicted octanol–water partition coefficient (Wildman–Crippen LogP) is 4.78. The summed E-state index contributed by atoms with van der Waals surface area (Å²) in [6, 6.07) is 19.5. The third kappa shape index (κ3) is 3.27. The standard InChI is InChI=1S/C22H27NO3/c1-4-25-22(26-5-2)17(3)16-20(22)21(24)23(18-12-8-6-9-13-18)19-14-10-7-11-15-19/h6-15,17,20H,4-5,16H2,1-3H3/t17-,20-/m0/s1. The molecule has 2 atom stereocenters. The first-order valence-electron chi connectivity index (χ1n) is 9.36. The monoisotopic (exact) mass is 353 g/mol. The highest BCUT2D eigenvalue weighted by Gasteiger charge is 2.59. The van der Waals surface area contributed by atoms with Crippen molar-refractivity contribution >= 4 is 17.3 Å². The number of hydrogen-bond acceptors (Lipinski definition) is 3. The van der Waals surface area contributed by atoms with E-state index >= 15 is 0 Å². The van der Waals surface area contributed by atoms with Crippen LogP contribution in [0.15, 0.2) is 60.7 Å². The molecule has 1 aliphatic carbocycles. The van der Waals surface area contributed by atoms with Crippen LogP contribution in [0.5, 0.6) is 0 Å². The summed E-state index contributed by atoms with van der Waals surface area (Å²) < 4.78 is 12.0. The molecule has 0 radical (unpaired) electrons. The molecule has 1 saturated carbocycles. The van der Waals surface area contributed by atoms with E-state index in [1.165, 1.54) is 0 Å². The summed E-state index contributed by atoms with van der Waals surface area (Å²) in [5, 5.41) is 0. The minimum atomic E-state index is -0.831. The molecular weight excluding hydrogens is 326 g/mol. The van der Waals surface area contributed by atoms with E-state index in [-0.39, 0.29) is 17.7 Å². The number of carbonyl (C=O) groups is 1. The van der Waals surface area contributed by atoms with Gasteiger partial charge < -0.3 is 9.47 Å². The van der Waals surface area contributed by atoms with Gasteiger partial charge in [-0.1, -0.05) is 43.3 Å². The van der Waals surface area contributed by atoms with E-state index in [0.29, 0.717) is 13.2 Å². The highest BCUT2D eigenvalue weighted by Crippen LogP contribution is 2.49. The van der Waals surface area contributed by atoms with Crippen LogP contribution in [-0.4, -0.2) is 24.9 Å². The maximum Gasteiger partial charge on any atom is 0.240 e. The summed E-state index contributed by atoms with van der Waals surface area (Å²) in [6.07, 6.45) is 0.759. The average molecular weight is 353 g/mol. The van der Waals surface area contributed by atoms with Crippen LogP contribution in [0, 0.1) is 11.8 Å². The minimum absolute atomic E-state index is 0.0161. The molecule has 0 heterocycles. The van der Waals surface area contributed by atoms with Gasteiger partial charge in [0.2, 0.25) is 5.91 Å². The lowest BCUT2D eigenvalue weighted by Gasteiger charge is -2.53. The van der Waals surface area contributed by atoms with Gasteiger partial charge in [0.05, 0.1) is 5.92 Å². The van der Waals surface area contributed by atoms with Crippen LogP contribution in [0.25, 0.3) is 0 Å². The van der Waals surface area contributed by atoms with Crippen molar-refractivity contribution in [3.05, 3.63) is 60.7 Å². The number of para-hydroxylation sites is 2. The SMILES string of the molecule is CCOC1(OCC)[C@@H](C)C[C@H]1C(=O)N(c1ccccc1)c1ccccc1. The fourth-order valence-electron chi connectivity index (χ4n) is 3.83. The van der Waals surface area contributed by atoms with Gasteiger partial charge in [0.1, 0.15) is 0 Å². The lowest BCUT2D eigenvalue weighted by molar-refractivity contribution is -0.328. The maximum absolute atomic E-state index is 13.6.